The Morgan fingerprint density at radius 3 is 2.90 bits per heavy atom. The fraction of sp³-hybridized carbons (Fsp3) is 0.538. The van der Waals surface area contributed by atoms with Gasteiger partial charge in [-0.3, -0.25) is 0 Å². The number of nitrogens with zero attached hydrogens (tertiary/aromatic N) is 1. The molecule has 0 spiro atoms. The maximum atomic E-state index is 11.9. The number of hydrogen-bond donors (Lipinski definition) is 3. The van der Waals surface area contributed by atoms with E-state index < -0.39 is 10.0 Å². The zero-order valence-electron chi connectivity index (χ0n) is 11.5. The molecule has 1 aromatic rings. The monoisotopic (exact) mass is 299 g/mol. The average molecular weight is 299 g/mol. The summed E-state index contributed by atoms with van der Waals surface area (Å²) in [6.07, 6.45) is 1.95. The van der Waals surface area contributed by atoms with Crippen LogP contribution in [0.2, 0.25) is 0 Å². The highest BCUT2D eigenvalue weighted by Crippen LogP contribution is 2.30. The first-order chi connectivity index (χ1) is 9.47. The third kappa shape index (κ3) is 3.05. The van der Waals surface area contributed by atoms with Crippen LogP contribution in [0.3, 0.4) is 0 Å². The molecule has 0 aliphatic carbocycles. The Morgan fingerprint density at radius 2 is 2.25 bits per heavy atom. The summed E-state index contributed by atoms with van der Waals surface area (Å²) < 4.78 is 26.0. The fourth-order valence-electron chi connectivity index (χ4n) is 2.52. The van der Waals surface area contributed by atoms with Gasteiger partial charge in [0.25, 0.3) is 0 Å². The molecule has 1 unspecified atom stereocenters. The van der Waals surface area contributed by atoms with E-state index in [0.717, 1.165) is 25.1 Å². The molecular formula is C13H21N3O3S. The first kappa shape index (κ1) is 15.1. The van der Waals surface area contributed by atoms with Crippen LogP contribution >= 0.6 is 0 Å². The van der Waals surface area contributed by atoms with Crippen LogP contribution in [0.5, 0.6) is 0 Å². The third-order valence-electron chi connectivity index (χ3n) is 3.70. The second-order valence-electron chi connectivity index (χ2n) is 5.07. The number of nitrogen functional groups attached to an aromatic ring is 1. The van der Waals surface area contributed by atoms with Crippen molar-refractivity contribution in [2.24, 2.45) is 5.92 Å². The number of benzene rings is 1. The van der Waals surface area contributed by atoms with Crippen LogP contribution in [-0.4, -0.2) is 40.3 Å². The number of anilines is 2. The first-order valence-electron chi connectivity index (χ1n) is 6.67. The van der Waals surface area contributed by atoms with E-state index in [1.807, 2.05) is 0 Å². The number of hydrogen-bond acceptors (Lipinski definition) is 5. The summed E-state index contributed by atoms with van der Waals surface area (Å²) >= 11 is 0. The molecule has 1 aliphatic heterocycles. The van der Waals surface area contributed by atoms with Gasteiger partial charge in [-0.15, -0.1) is 0 Å². The van der Waals surface area contributed by atoms with Crippen LogP contribution in [-0.2, 0) is 10.0 Å². The van der Waals surface area contributed by atoms with E-state index in [2.05, 4.69) is 9.62 Å². The van der Waals surface area contributed by atoms with Gasteiger partial charge in [-0.2, -0.15) is 0 Å². The number of nitrogens with one attached hydrogen (secondary N) is 1. The zero-order valence-corrected chi connectivity index (χ0v) is 12.4. The molecule has 4 N–H and O–H groups in total. The predicted octanol–water partition coefficient (Wildman–Crippen LogP) is 0.386. The van der Waals surface area contributed by atoms with Gasteiger partial charge in [-0.1, -0.05) is 0 Å². The van der Waals surface area contributed by atoms with E-state index in [0.29, 0.717) is 12.2 Å². The Bertz CT molecular complexity index is 574. The Labute approximate surface area is 119 Å². The molecule has 0 amide bonds. The molecule has 1 aromatic carbocycles. The van der Waals surface area contributed by atoms with Gasteiger partial charge in [0.15, 0.2) is 0 Å². The molecule has 0 aromatic heterocycles. The van der Waals surface area contributed by atoms with E-state index in [9.17, 15) is 13.5 Å². The largest absolute Gasteiger partial charge is 0.397 e. The van der Waals surface area contributed by atoms with Crippen molar-refractivity contribution in [3.63, 3.8) is 0 Å². The Morgan fingerprint density at radius 1 is 1.50 bits per heavy atom. The minimum absolute atomic E-state index is 0.144. The zero-order chi connectivity index (χ0) is 14.8. The van der Waals surface area contributed by atoms with Crippen LogP contribution in [0, 0.1) is 5.92 Å². The second-order valence-corrected chi connectivity index (χ2v) is 6.95. The van der Waals surface area contributed by atoms with Gasteiger partial charge in [-0.25, -0.2) is 13.1 Å². The molecule has 0 bridgehead atoms. The number of sulfonamides is 1. The van der Waals surface area contributed by atoms with E-state index in [-0.39, 0.29) is 17.4 Å². The minimum Gasteiger partial charge on any atom is -0.397 e. The summed E-state index contributed by atoms with van der Waals surface area (Å²) in [4.78, 5) is 2.25. The quantitative estimate of drug-likeness (QED) is 0.699. The maximum absolute atomic E-state index is 11.9. The van der Waals surface area contributed by atoms with Crippen molar-refractivity contribution >= 4 is 21.4 Å². The van der Waals surface area contributed by atoms with Crippen molar-refractivity contribution in [1.29, 1.82) is 0 Å². The Hall–Kier alpha value is -1.31. The van der Waals surface area contributed by atoms with Gasteiger partial charge >= 0.3 is 0 Å². The lowest BCUT2D eigenvalue weighted by atomic mass is 9.98. The number of piperidine rings is 1. The summed E-state index contributed by atoms with van der Waals surface area (Å²) in [6, 6.07) is 4.71. The lowest BCUT2D eigenvalue weighted by Gasteiger charge is -2.34. The molecule has 1 aliphatic rings. The molecular weight excluding hydrogens is 278 g/mol. The molecule has 112 valence electrons. The highest BCUT2D eigenvalue weighted by molar-refractivity contribution is 7.89. The van der Waals surface area contributed by atoms with Gasteiger partial charge in [0, 0.05) is 19.7 Å². The highest BCUT2D eigenvalue weighted by atomic mass is 32.2. The Kier molecular flexibility index (Phi) is 4.52. The average Bonchev–Trinajstić information content (AvgIpc) is 2.47. The summed E-state index contributed by atoms with van der Waals surface area (Å²) in [7, 11) is -2.09. The molecule has 1 saturated heterocycles. The molecule has 2 rings (SSSR count). The Balaban J connectivity index is 2.34. The number of aliphatic hydroxyl groups is 1. The smallest absolute Gasteiger partial charge is 0.240 e. The molecule has 1 atom stereocenters. The van der Waals surface area contributed by atoms with E-state index in [1.54, 1.807) is 12.1 Å². The van der Waals surface area contributed by atoms with E-state index in [4.69, 9.17) is 5.73 Å². The molecule has 1 fully saturated rings. The topological polar surface area (TPSA) is 95.7 Å². The van der Waals surface area contributed by atoms with Gasteiger partial charge in [-0.05, 0) is 44.0 Å². The van der Waals surface area contributed by atoms with Gasteiger partial charge in [0.1, 0.15) is 0 Å². The van der Waals surface area contributed by atoms with Gasteiger partial charge < -0.3 is 15.7 Å². The number of aliphatic hydroxyl groups excluding tert-OH is 1. The molecule has 1 heterocycles. The predicted molar refractivity (Wildman–Crippen MR) is 79.1 cm³/mol. The lowest BCUT2D eigenvalue weighted by Crippen LogP contribution is -2.37. The van der Waals surface area contributed by atoms with Crippen LogP contribution in [0.15, 0.2) is 23.1 Å². The summed E-state index contributed by atoms with van der Waals surface area (Å²) in [5.74, 6) is 0.215. The molecule has 6 nitrogen and oxygen atoms in total. The minimum atomic E-state index is -3.48. The number of rotatable bonds is 4. The van der Waals surface area contributed by atoms with Crippen LogP contribution < -0.4 is 15.4 Å². The molecule has 0 radical (unpaired) electrons. The summed E-state index contributed by atoms with van der Waals surface area (Å²) in [6.45, 7) is 1.67. The van der Waals surface area contributed by atoms with E-state index >= 15 is 0 Å². The lowest BCUT2D eigenvalue weighted by molar-refractivity contribution is 0.209. The van der Waals surface area contributed by atoms with Crippen LogP contribution in [0.4, 0.5) is 11.4 Å². The molecule has 7 heteroatoms. The van der Waals surface area contributed by atoms with Crippen LogP contribution in [0.25, 0.3) is 0 Å². The summed E-state index contributed by atoms with van der Waals surface area (Å²) in [5.41, 5.74) is 7.25. The molecule has 20 heavy (non-hydrogen) atoms. The van der Waals surface area contributed by atoms with Crippen molar-refractivity contribution in [1.82, 2.24) is 4.72 Å². The maximum Gasteiger partial charge on any atom is 0.240 e. The van der Waals surface area contributed by atoms with Crippen molar-refractivity contribution in [2.45, 2.75) is 17.7 Å². The third-order valence-corrected chi connectivity index (χ3v) is 5.11. The number of nitrogens with two attached hydrogens (primary N) is 1. The van der Waals surface area contributed by atoms with Crippen molar-refractivity contribution in [2.75, 3.05) is 37.4 Å². The van der Waals surface area contributed by atoms with Gasteiger partial charge in [0.2, 0.25) is 10.0 Å². The standard InChI is InChI=1S/C13H21N3O3S/c1-15-20(18,19)11-4-5-12(14)13(7-11)16-6-2-3-10(8-16)9-17/h4-5,7,10,15,17H,2-3,6,8-9,14H2,1H3. The fourth-order valence-corrected chi connectivity index (χ4v) is 3.26. The highest BCUT2D eigenvalue weighted by Gasteiger charge is 2.22. The van der Waals surface area contributed by atoms with Crippen molar-refractivity contribution in [3.8, 4) is 0 Å². The first-order valence-corrected chi connectivity index (χ1v) is 8.15. The normalized spacial score (nSPS) is 20.1. The van der Waals surface area contributed by atoms with Crippen molar-refractivity contribution in [3.05, 3.63) is 18.2 Å². The second kappa shape index (κ2) is 5.99. The van der Waals surface area contributed by atoms with Crippen LogP contribution in [0.1, 0.15) is 12.8 Å². The van der Waals surface area contributed by atoms with E-state index in [1.165, 1.54) is 13.1 Å². The van der Waals surface area contributed by atoms with Gasteiger partial charge in [0.05, 0.1) is 16.3 Å². The summed E-state index contributed by atoms with van der Waals surface area (Å²) in [5, 5.41) is 9.28. The van der Waals surface area contributed by atoms with Crippen molar-refractivity contribution < 1.29 is 13.5 Å². The SMILES string of the molecule is CNS(=O)(=O)c1ccc(N)c(N2CCCC(CO)C2)c1. The molecule has 0 saturated carbocycles.